The zero-order valence-corrected chi connectivity index (χ0v) is 17.8. The Morgan fingerprint density at radius 3 is 2.29 bits per heavy atom. The maximum absolute atomic E-state index is 6.36. The van der Waals surface area contributed by atoms with Crippen molar-refractivity contribution in [1.29, 1.82) is 0 Å². The van der Waals surface area contributed by atoms with Crippen molar-refractivity contribution < 1.29 is 4.42 Å². The molecular formula is C28H22N2O. The highest BCUT2D eigenvalue weighted by Gasteiger charge is 2.21. The molecule has 0 aliphatic rings. The molecule has 0 spiro atoms. The molecule has 6 rings (SSSR count). The van der Waals surface area contributed by atoms with Gasteiger partial charge in [-0.15, -0.1) is 0 Å². The molecule has 0 saturated heterocycles. The molecule has 3 heteroatoms. The van der Waals surface area contributed by atoms with Crippen LogP contribution in [0, 0.1) is 0 Å². The number of hydrogen-bond acceptors (Lipinski definition) is 3. The van der Waals surface area contributed by atoms with Crippen LogP contribution in [0.1, 0.15) is 26.3 Å². The molecule has 0 aliphatic carbocycles. The molecule has 0 atom stereocenters. The summed E-state index contributed by atoms with van der Waals surface area (Å²) >= 11 is 0. The van der Waals surface area contributed by atoms with E-state index in [1.807, 2.05) is 6.07 Å². The van der Waals surface area contributed by atoms with Crippen molar-refractivity contribution in [2.75, 3.05) is 0 Å². The molecule has 2 aromatic heterocycles. The van der Waals surface area contributed by atoms with Crippen molar-refractivity contribution in [3.8, 4) is 11.3 Å². The average molecular weight is 402 g/mol. The van der Waals surface area contributed by atoms with Gasteiger partial charge in [-0.25, -0.2) is 9.97 Å². The fourth-order valence-electron chi connectivity index (χ4n) is 4.61. The van der Waals surface area contributed by atoms with Crippen molar-refractivity contribution in [1.82, 2.24) is 9.97 Å². The van der Waals surface area contributed by atoms with E-state index < -0.39 is 0 Å². The predicted octanol–water partition coefficient (Wildman–Crippen LogP) is 7.65. The van der Waals surface area contributed by atoms with Crippen molar-refractivity contribution in [2.45, 2.75) is 26.2 Å². The Morgan fingerprint density at radius 1 is 0.742 bits per heavy atom. The average Bonchev–Trinajstić information content (AvgIpc) is 3.17. The SMILES string of the molecule is CC(C)(C)c1cc(-c2ncnc3c2oc2ccc4ccccc4c23)cc2ccccc12. The summed E-state index contributed by atoms with van der Waals surface area (Å²) in [4.78, 5) is 9.31. The molecule has 31 heavy (non-hydrogen) atoms. The Labute approximate surface area is 180 Å². The Bertz CT molecular complexity index is 1620. The standard InChI is InChI=1S/C28H22N2O/c1-28(2,3)22-15-19(14-18-9-5-6-10-20(18)22)25-27-26(30-16-29-25)24-21-11-7-4-8-17(21)12-13-23(24)31-27/h4-16H,1-3H3. The molecule has 0 aliphatic heterocycles. The van der Waals surface area contributed by atoms with Crippen LogP contribution >= 0.6 is 0 Å². The number of rotatable bonds is 1. The molecule has 0 saturated carbocycles. The van der Waals surface area contributed by atoms with Crippen LogP contribution in [0.4, 0.5) is 0 Å². The van der Waals surface area contributed by atoms with E-state index in [0.29, 0.717) is 0 Å². The van der Waals surface area contributed by atoms with E-state index in [2.05, 4.69) is 97.5 Å². The molecule has 0 amide bonds. The van der Waals surface area contributed by atoms with E-state index in [9.17, 15) is 0 Å². The zero-order chi connectivity index (χ0) is 21.2. The third kappa shape index (κ3) is 2.73. The first-order valence-electron chi connectivity index (χ1n) is 10.6. The van der Waals surface area contributed by atoms with Crippen LogP contribution in [-0.4, -0.2) is 9.97 Å². The van der Waals surface area contributed by atoms with Gasteiger partial charge in [0.25, 0.3) is 0 Å². The molecule has 0 N–H and O–H groups in total. The highest BCUT2D eigenvalue weighted by atomic mass is 16.3. The first kappa shape index (κ1) is 18.1. The van der Waals surface area contributed by atoms with Crippen LogP contribution < -0.4 is 0 Å². The smallest absolute Gasteiger partial charge is 0.180 e. The van der Waals surface area contributed by atoms with Gasteiger partial charge in [0.15, 0.2) is 5.58 Å². The fourth-order valence-corrected chi connectivity index (χ4v) is 4.61. The third-order valence-corrected chi connectivity index (χ3v) is 6.09. The second-order valence-corrected chi connectivity index (χ2v) is 9.16. The van der Waals surface area contributed by atoms with E-state index in [0.717, 1.165) is 38.7 Å². The number of nitrogens with zero attached hydrogens (tertiary/aromatic N) is 2. The summed E-state index contributed by atoms with van der Waals surface area (Å²) < 4.78 is 6.36. The fraction of sp³-hybridized carbons (Fsp3) is 0.143. The summed E-state index contributed by atoms with van der Waals surface area (Å²) in [6.07, 6.45) is 1.65. The van der Waals surface area contributed by atoms with E-state index in [1.165, 1.54) is 21.7 Å². The van der Waals surface area contributed by atoms with Gasteiger partial charge in [0.05, 0.1) is 5.39 Å². The Morgan fingerprint density at radius 2 is 1.48 bits per heavy atom. The number of aromatic nitrogens is 2. The van der Waals surface area contributed by atoms with Crippen molar-refractivity contribution >= 4 is 43.6 Å². The van der Waals surface area contributed by atoms with Gasteiger partial charge in [-0.1, -0.05) is 75.4 Å². The predicted molar refractivity (Wildman–Crippen MR) is 128 cm³/mol. The highest BCUT2D eigenvalue weighted by Crippen LogP contribution is 2.39. The lowest BCUT2D eigenvalue weighted by atomic mass is 9.82. The van der Waals surface area contributed by atoms with Gasteiger partial charge >= 0.3 is 0 Å². The van der Waals surface area contributed by atoms with Gasteiger partial charge in [0, 0.05) is 5.56 Å². The minimum atomic E-state index is 0.00579. The lowest BCUT2D eigenvalue weighted by molar-refractivity contribution is 0.596. The van der Waals surface area contributed by atoms with Crippen LogP contribution in [0.2, 0.25) is 0 Å². The molecule has 150 valence electrons. The van der Waals surface area contributed by atoms with Gasteiger partial charge in [0.2, 0.25) is 0 Å². The number of benzene rings is 4. The summed E-state index contributed by atoms with van der Waals surface area (Å²) in [5, 5.41) is 5.86. The molecule has 0 unspecified atom stereocenters. The van der Waals surface area contributed by atoms with Crippen molar-refractivity contribution in [3.63, 3.8) is 0 Å². The summed E-state index contributed by atoms with van der Waals surface area (Å²) in [6.45, 7) is 6.75. The topological polar surface area (TPSA) is 38.9 Å². The molecule has 0 bridgehead atoms. The molecule has 4 aromatic carbocycles. The summed E-state index contributed by atoms with van der Waals surface area (Å²) in [6, 6.07) is 25.5. The van der Waals surface area contributed by atoms with E-state index in [4.69, 9.17) is 4.42 Å². The maximum Gasteiger partial charge on any atom is 0.180 e. The molecule has 0 fully saturated rings. The van der Waals surface area contributed by atoms with E-state index in [-0.39, 0.29) is 5.41 Å². The second kappa shape index (κ2) is 6.39. The minimum absolute atomic E-state index is 0.00579. The summed E-state index contributed by atoms with van der Waals surface area (Å²) in [5.41, 5.74) is 5.64. The molecule has 3 nitrogen and oxygen atoms in total. The highest BCUT2D eigenvalue weighted by molar-refractivity contribution is 6.18. The van der Waals surface area contributed by atoms with E-state index >= 15 is 0 Å². The Balaban J connectivity index is 1.71. The Kier molecular flexibility index (Phi) is 3.73. The molecule has 2 heterocycles. The summed E-state index contributed by atoms with van der Waals surface area (Å²) in [5.74, 6) is 0. The maximum atomic E-state index is 6.36. The van der Waals surface area contributed by atoms with Gasteiger partial charge in [0.1, 0.15) is 23.1 Å². The van der Waals surface area contributed by atoms with Crippen LogP contribution in [0.5, 0.6) is 0 Å². The number of hydrogen-bond donors (Lipinski definition) is 0. The first-order chi connectivity index (χ1) is 15.0. The largest absolute Gasteiger partial charge is 0.452 e. The van der Waals surface area contributed by atoms with Crippen LogP contribution in [-0.2, 0) is 5.41 Å². The monoisotopic (exact) mass is 402 g/mol. The Hall–Kier alpha value is -3.72. The zero-order valence-electron chi connectivity index (χ0n) is 17.8. The molecule has 0 radical (unpaired) electrons. The summed E-state index contributed by atoms with van der Waals surface area (Å²) in [7, 11) is 0. The van der Waals surface area contributed by atoms with Crippen LogP contribution in [0.15, 0.2) is 83.5 Å². The van der Waals surface area contributed by atoms with Gasteiger partial charge < -0.3 is 4.42 Å². The van der Waals surface area contributed by atoms with Gasteiger partial charge in [-0.3, -0.25) is 0 Å². The normalized spacial score (nSPS) is 12.4. The van der Waals surface area contributed by atoms with Crippen LogP contribution in [0.25, 0.3) is 54.9 Å². The quantitative estimate of drug-likeness (QED) is 0.283. The van der Waals surface area contributed by atoms with Gasteiger partial charge in [-0.2, -0.15) is 0 Å². The first-order valence-corrected chi connectivity index (χ1v) is 10.6. The van der Waals surface area contributed by atoms with Crippen LogP contribution in [0.3, 0.4) is 0 Å². The number of furan rings is 1. The van der Waals surface area contributed by atoms with Crippen molar-refractivity contribution in [3.05, 3.63) is 84.7 Å². The molecule has 6 aromatic rings. The van der Waals surface area contributed by atoms with Crippen molar-refractivity contribution in [2.24, 2.45) is 0 Å². The lowest BCUT2D eigenvalue weighted by Crippen LogP contribution is -2.12. The molecular weight excluding hydrogens is 380 g/mol. The minimum Gasteiger partial charge on any atom is -0.452 e. The third-order valence-electron chi connectivity index (χ3n) is 6.09. The van der Waals surface area contributed by atoms with E-state index in [1.54, 1.807) is 6.33 Å². The second-order valence-electron chi connectivity index (χ2n) is 9.16. The number of fused-ring (bicyclic) bond motifs is 6. The van der Waals surface area contributed by atoms with Gasteiger partial charge in [-0.05, 0) is 50.7 Å². The lowest BCUT2D eigenvalue weighted by Gasteiger charge is -2.22.